The molecule has 7 nitrogen and oxygen atoms in total. The van der Waals surface area contributed by atoms with Gasteiger partial charge in [0.2, 0.25) is 15.9 Å². The zero-order chi connectivity index (χ0) is 20.9. The standard InChI is InChI=1S/C19H21ClN2O5S/c1-4-13-5-8-15(9-6-13)22(28(3,25)26)12-18(23)21-14-7-10-17(20)16(11-14)19(24)27-2/h5-11H,4,12H2,1-3H3,(H,21,23). The number of carbonyl (C=O) groups is 2. The Morgan fingerprint density at radius 2 is 1.79 bits per heavy atom. The molecule has 0 aliphatic rings. The molecule has 0 aliphatic carbocycles. The van der Waals surface area contributed by atoms with Crippen LogP contribution in [0.4, 0.5) is 11.4 Å². The van der Waals surface area contributed by atoms with Gasteiger partial charge < -0.3 is 10.1 Å². The number of sulfonamides is 1. The van der Waals surface area contributed by atoms with Crippen LogP contribution in [0.1, 0.15) is 22.8 Å². The first-order chi connectivity index (χ1) is 13.2. The van der Waals surface area contributed by atoms with Crippen LogP contribution < -0.4 is 9.62 Å². The highest BCUT2D eigenvalue weighted by Crippen LogP contribution is 2.22. The lowest BCUT2D eigenvalue weighted by Crippen LogP contribution is -2.37. The number of amides is 1. The largest absolute Gasteiger partial charge is 0.465 e. The van der Waals surface area contributed by atoms with Crippen LogP contribution in [0.3, 0.4) is 0 Å². The number of benzene rings is 2. The number of esters is 1. The molecule has 1 N–H and O–H groups in total. The van der Waals surface area contributed by atoms with Gasteiger partial charge in [-0.25, -0.2) is 13.2 Å². The Morgan fingerprint density at radius 3 is 2.32 bits per heavy atom. The van der Waals surface area contributed by atoms with Crippen molar-refractivity contribution in [2.24, 2.45) is 0 Å². The van der Waals surface area contributed by atoms with E-state index in [0.717, 1.165) is 22.5 Å². The van der Waals surface area contributed by atoms with Crippen LogP contribution in [0.5, 0.6) is 0 Å². The van der Waals surface area contributed by atoms with Crippen molar-refractivity contribution in [1.82, 2.24) is 0 Å². The Balaban J connectivity index is 2.21. The van der Waals surface area contributed by atoms with E-state index in [9.17, 15) is 18.0 Å². The lowest BCUT2D eigenvalue weighted by atomic mass is 10.1. The molecule has 28 heavy (non-hydrogen) atoms. The molecule has 0 spiro atoms. The summed E-state index contributed by atoms with van der Waals surface area (Å²) < 4.78 is 30.0. The molecule has 1 amide bonds. The maximum absolute atomic E-state index is 12.4. The predicted octanol–water partition coefficient (Wildman–Crippen LogP) is 3.09. The van der Waals surface area contributed by atoms with Gasteiger partial charge in [0, 0.05) is 5.69 Å². The highest BCUT2D eigenvalue weighted by molar-refractivity contribution is 7.92. The summed E-state index contributed by atoms with van der Waals surface area (Å²) in [5.74, 6) is -1.21. The van der Waals surface area contributed by atoms with Crippen molar-refractivity contribution in [3.63, 3.8) is 0 Å². The highest BCUT2D eigenvalue weighted by atomic mass is 35.5. The van der Waals surface area contributed by atoms with E-state index in [4.69, 9.17) is 11.6 Å². The number of ether oxygens (including phenoxy) is 1. The third kappa shape index (κ3) is 5.46. The minimum Gasteiger partial charge on any atom is -0.465 e. The van der Waals surface area contributed by atoms with Gasteiger partial charge in [0.1, 0.15) is 6.54 Å². The summed E-state index contributed by atoms with van der Waals surface area (Å²) in [6, 6.07) is 11.3. The molecule has 150 valence electrons. The first kappa shape index (κ1) is 21.7. The maximum Gasteiger partial charge on any atom is 0.339 e. The summed E-state index contributed by atoms with van der Waals surface area (Å²) in [5.41, 5.74) is 1.83. The van der Waals surface area contributed by atoms with Crippen molar-refractivity contribution in [2.75, 3.05) is 29.5 Å². The maximum atomic E-state index is 12.4. The van der Waals surface area contributed by atoms with Crippen molar-refractivity contribution in [1.29, 1.82) is 0 Å². The third-order valence-corrected chi connectivity index (χ3v) is 5.45. The SMILES string of the molecule is CCc1ccc(N(CC(=O)Nc2ccc(Cl)c(C(=O)OC)c2)S(C)(=O)=O)cc1. The Kier molecular flexibility index (Phi) is 7.04. The Morgan fingerprint density at radius 1 is 1.14 bits per heavy atom. The van der Waals surface area contributed by atoms with Crippen molar-refractivity contribution in [2.45, 2.75) is 13.3 Å². The molecule has 0 heterocycles. The van der Waals surface area contributed by atoms with Crippen molar-refractivity contribution in [3.8, 4) is 0 Å². The number of hydrogen-bond acceptors (Lipinski definition) is 5. The van der Waals surface area contributed by atoms with Gasteiger partial charge in [-0.2, -0.15) is 0 Å². The second-order valence-corrected chi connectivity index (χ2v) is 8.34. The van der Waals surface area contributed by atoms with Crippen LogP contribution in [0.15, 0.2) is 42.5 Å². The fraction of sp³-hybridized carbons (Fsp3) is 0.263. The smallest absolute Gasteiger partial charge is 0.339 e. The molecule has 0 aromatic heterocycles. The van der Waals surface area contributed by atoms with Gasteiger partial charge in [-0.05, 0) is 42.3 Å². The monoisotopic (exact) mass is 424 g/mol. The molecular weight excluding hydrogens is 404 g/mol. The fourth-order valence-corrected chi connectivity index (χ4v) is 3.55. The van der Waals surface area contributed by atoms with Crippen LogP contribution in [-0.4, -0.2) is 40.2 Å². The van der Waals surface area contributed by atoms with E-state index in [0.29, 0.717) is 11.4 Å². The number of anilines is 2. The Labute approximate surface area is 169 Å². The van der Waals surface area contributed by atoms with Gasteiger partial charge in [0.05, 0.1) is 29.6 Å². The minimum absolute atomic E-state index is 0.0945. The van der Waals surface area contributed by atoms with Gasteiger partial charge in [0.15, 0.2) is 0 Å². The number of hydrogen-bond donors (Lipinski definition) is 1. The van der Waals surface area contributed by atoms with Gasteiger partial charge in [-0.1, -0.05) is 30.7 Å². The van der Waals surface area contributed by atoms with E-state index >= 15 is 0 Å². The summed E-state index contributed by atoms with van der Waals surface area (Å²) in [7, 11) is -2.46. The van der Waals surface area contributed by atoms with Gasteiger partial charge in [0.25, 0.3) is 0 Å². The number of nitrogens with one attached hydrogen (secondary N) is 1. The van der Waals surface area contributed by atoms with Crippen LogP contribution in [-0.2, 0) is 26.0 Å². The summed E-state index contributed by atoms with van der Waals surface area (Å²) in [6.45, 7) is 1.58. The van der Waals surface area contributed by atoms with Crippen molar-refractivity contribution in [3.05, 3.63) is 58.6 Å². The minimum atomic E-state index is -3.68. The lowest BCUT2D eigenvalue weighted by molar-refractivity contribution is -0.114. The number of nitrogens with zero attached hydrogens (tertiary/aromatic N) is 1. The first-order valence-corrected chi connectivity index (χ1v) is 10.6. The predicted molar refractivity (Wildman–Crippen MR) is 109 cm³/mol. The molecule has 2 rings (SSSR count). The van der Waals surface area contributed by atoms with Crippen LogP contribution in [0.25, 0.3) is 0 Å². The quantitative estimate of drug-likeness (QED) is 0.689. The number of aryl methyl sites for hydroxylation is 1. The van der Waals surface area contributed by atoms with Gasteiger partial charge in [-0.3, -0.25) is 9.10 Å². The Bertz CT molecular complexity index is 974. The van der Waals surface area contributed by atoms with E-state index in [1.165, 1.54) is 25.3 Å². The molecule has 2 aromatic carbocycles. The van der Waals surface area contributed by atoms with E-state index in [1.54, 1.807) is 12.1 Å². The molecule has 9 heteroatoms. The van der Waals surface area contributed by atoms with Crippen LogP contribution in [0.2, 0.25) is 5.02 Å². The molecular formula is C19H21ClN2O5S. The zero-order valence-corrected chi connectivity index (χ0v) is 17.3. The molecule has 2 aromatic rings. The number of rotatable bonds is 7. The van der Waals surface area contributed by atoms with Gasteiger partial charge in [-0.15, -0.1) is 0 Å². The third-order valence-electron chi connectivity index (χ3n) is 3.98. The van der Waals surface area contributed by atoms with E-state index < -0.39 is 28.4 Å². The van der Waals surface area contributed by atoms with Crippen LogP contribution >= 0.6 is 11.6 Å². The van der Waals surface area contributed by atoms with Crippen LogP contribution in [0, 0.1) is 0 Å². The summed E-state index contributed by atoms with van der Waals surface area (Å²) in [5, 5.41) is 2.75. The second-order valence-electron chi connectivity index (χ2n) is 6.02. The first-order valence-electron chi connectivity index (χ1n) is 8.40. The zero-order valence-electron chi connectivity index (χ0n) is 15.7. The summed E-state index contributed by atoms with van der Waals surface area (Å²) >= 11 is 5.95. The second kappa shape index (κ2) is 9.07. The highest BCUT2D eigenvalue weighted by Gasteiger charge is 2.21. The van der Waals surface area contributed by atoms with E-state index in [2.05, 4.69) is 10.1 Å². The number of carbonyl (C=O) groups excluding carboxylic acids is 2. The van der Waals surface area contributed by atoms with Gasteiger partial charge >= 0.3 is 5.97 Å². The summed E-state index contributed by atoms with van der Waals surface area (Å²) in [6.07, 6.45) is 1.85. The topological polar surface area (TPSA) is 92.8 Å². The average molecular weight is 425 g/mol. The average Bonchev–Trinajstić information content (AvgIpc) is 2.66. The fourth-order valence-electron chi connectivity index (χ4n) is 2.50. The number of halogens is 1. The molecule has 0 atom stereocenters. The Hall–Kier alpha value is -2.58. The molecule has 0 fully saturated rings. The molecule has 0 saturated carbocycles. The number of methoxy groups -OCH3 is 1. The molecule has 0 unspecified atom stereocenters. The van der Waals surface area contributed by atoms with E-state index in [-0.39, 0.29) is 10.6 Å². The lowest BCUT2D eigenvalue weighted by Gasteiger charge is -2.22. The normalized spacial score (nSPS) is 11.0. The summed E-state index contributed by atoms with van der Waals surface area (Å²) in [4.78, 5) is 24.1. The molecule has 0 saturated heterocycles. The van der Waals surface area contributed by atoms with E-state index in [1.807, 2.05) is 19.1 Å². The molecule has 0 radical (unpaired) electrons. The molecule has 0 aliphatic heterocycles. The molecule has 0 bridgehead atoms. The van der Waals surface area contributed by atoms with Crippen molar-refractivity contribution < 1.29 is 22.7 Å². The van der Waals surface area contributed by atoms with Crippen molar-refractivity contribution >= 4 is 44.9 Å².